The summed E-state index contributed by atoms with van der Waals surface area (Å²) in [5.41, 5.74) is -0.798. The first-order valence-corrected chi connectivity index (χ1v) is 5.63. The molecule has 0 amide bonds. The van der Waals surface area contributed by atoms with Crippen molar-refractivity contribution in [2.24, 2.45) is 0 Å². The number of aliphatic hydroxyl groups excluding tert-OH is 1. The van der Waals surface area contributed by atoms with Crippen molar-refractivity contribution in [1.82, 2.24) is 0 Å². The molecule has 0 aromatic heterocycles. The van der Waals surface area contributed by atoms with Gasteiger partial charge < -0.3 is 14.9 Å². The molecule has 1 atom stereocenters. The predicted octanol–water partition coefficient (Wildman–Crippen LogP) is 1.63. The van der Waals surface area contributed by atoms with Crippen molar-refractivity contribution in [3.05, 3.63) is 33.9 Å². The number of nitro groups is 1. The Hall–Kier alpha value is -1.66. The van der Waals surface area contributed by atoms with Crippen molar-refractivity contribution >= 4 is 5.69 Å². The van der Waals surface area contributed by atoms with Gasteiger partial charge in [0.05, 0.1) is 17.1 Å². The van der Waals surface area contributed by atoms with Gasteiger partial charge in [-0.2, -0.15) is 0 Å². The third-order valence-electron chi connectivity index (χ3n) is 2.70. The van der Waals surface area contributed by atoms with Crippen LogP contribution >= 0.6 is 0 Å². The Morgan fingerprint density at radius 2 is 2.17 bits per heavy atom. The highest BCUT2D eigenvalue weighted by molar-refractivity contribution is 5.48. The van der Waals surface area contributed by atoms with Crippen LogP contribution in [0, 0.1) is 10.1 Å². The van der Waals surface area contributed by atoms with Crippen LogP contribution in [0.15, 0.2) is 18.2 Å². The SMILES string of the molecule is CCC(C)(O)COc1ccc(CO)cc1[N+](=O)[O-]. The second kappa shape index (κ2) is 5.79. The summed E-state index contributed by atoms with van der Waals surface area (Å²) in [4.78, 5) is 10.3. The van der Waals surface area contributed by atoms with Crippen molar-refractivity contribution in [2.45, 2.75) is 32.5 Å². The van der Waals surface area contributed by atoms with E-state index in [2.05, 4.69) is 0 Å². The Labute approximate surface area is 105 Å². The van der Waals surface area contributed by atoms with Gasteiger partial charge in [0.1, 0.15) is 6.61 Å². The lowest BCUT2D eigenvalue weighted by atomic mass is 10.1. The van der Waals surface area contributed by atoms with E-state index < -0.39 is 10.5 Å². The molecule has 18 heavy (non-hydrogen) atoms. The van der Waals surface area contributed by atoms with Gasteiger partial charge in [0.2, 0.25) is 0 Å². The number of rotatable bonds is 6. The fraction of sp³-hybridized carbons (Fsp3) is 0.500. The molecule has 0 heterocycles. The first-order chi connectivity index (χ1) is 8.39. The van der Waals surface area contributed by atoms with Gasteiger partial charge in [0.25, 0.3) is 0 Å². The van der Waals surface area contributed by atoms with E-state index in [9.17, 15) is 15.2 Å². The molecule has 1 aromatic carbocycles. The van der Waals surface area contributed by atoms with Gasteiger partial charge in [-0.3, -0.25) is 10.1 Å². The highest BCUT2D eigenvalue weighted by Crippen LogP contribution is 2.29. The van der Waals surface area contributed by atoms with Gasteiger partial charge in [-0.1, -0.05) is 13.0 Å². The summed E-state index contributed by atoms with van der Waals surface area (Å²) in [6, 6.07) is 4.23. The summed E-state index contributed by atoms with van der Waals surface area (Å²) < 4.78 is 5.28. The maximum Gasteiger partial charge on any atom is 0.311 e. The Kier molecular flexibility index (Phi) is 4.63. The first-order valence-electron chi connectivity index (χ1n) is 5.63. The molecule has 1 rings (SSSR count). The standard InChI is InChI=1S/C12H17NO5/c1-3-12(2,15)8-18-11-5-4-9(7-14)6-10(11)13(16)17/h4-6,14-15H,3,7-8H2,1-2H3. The zero-order chi connectivity index (χ0) is 13.8. The molecule has 1 unspecified atom stereocenters. The molecule has 0 aliphatic carbocycles. The average Bonchev–Trinajstić information content (AvgIpc) is 2.36. The Balaban J connectivity index is 2.91. The zero-order valence-corrected chi connectivity index (χ0v) is 10.4. The molecule has 100 valence electrons. The van der Waals surface area contributed by atoms with E-state index in [1.165, 1.54) is 12.1 Å². The van der Waals surface area contributed by atoms with Crippen LogP contribution in [-0.2, 0) is 6.61 Å². The summed E-state index contributed by atoms with van der Waals surface area (Å²) in [5.74, 6) is 0.0888. The van der Waals surface area contributed by atoms with Crippen LogP contribution in [0.3, 0.4) is 0 Å². The maximum atomic E-state index is 10.9. The third-order valence-corrected chi connectivity index (χ3v) is 2.70. The second-order valence-corrected chi connectivity index (χ2v) is 4.36. The highest BCUT2D eigenvalue weighted by Gasteiger charge is 2.22. The smallest absolute Gasteiger partial charge is 0.311 e. The molecule has 0 fully saturated rings. The van der Waals surface area contributed by atoms with E-state index in [4.69, 9.17) is 9.84 Å². The van der Waals surface area contributed by atoms with E-state index in [1.807, 2.05) is 0 Å². The normalized spacial score (nSPS) is 14.0. The van der Waals surface area contributed by atoms with Crippen molar-refractivity contribution < 1.29 is 19.9 Å². The van der Waals surface area contributed by atoms with Gasteiger partial charge in [-0.25, -0.2) is 0 Å². The minimum Gasteiger partial charge on any atom is -0.484 e. The average molecular weight is 255 g/mol. The van der Waals surface area contributed by atoms with E-state index in [0.717, 1.165) is 0 Å². The van der Waals surface area contributed by atoms with E-state index >= 15 is 0 Å². The van der Waals surface area contributed by atoms with Crippen LogP contribution in [0.5, 0.6) is 5.75 Å². The van der Waals surface area contributed by atoms with Crippen molar-refractivity contribution in [3.63, 3.8) is 0 Å². The second-order valence-electron chi connectivity index (χ2n) is 4.36. The van der Waals surface area contributed by atoms with E-state index in [0.29, 0.717) is 12.0 Å². The number of hydrogen-bond donors (Lipinski definition) is 2. The molecule has 6 heteroatoms. The molecule has 0 bridgehead atoms. The molecule has 0 saturated carbocycles. The number of benzene rings is 1. The first kappa shape index (κ1) is 14.4. The van der Waals surface area contributed by atoms with Crippen molar-refractivity contribution in [1.29, 1.82) is 0 Å². The van der Waals surface area contributed by atoms with Crippen molar-refractivity contribution in [2.75, 3.05) is 6.61 Å². The zero-order valence-electron chi connectivity index (χ0n) is 10.4. The van der Waals surface area contributed by atoms with Gasteiger partial charge in [-0.05, 0) is 25.0 Å². The van der Waals surface area contributed by atoms with E-state index in [-0.39, 0.29) is 24.7 Å². The Bertz CT molecular complexity index is 430. The minimum atomic E-state index is -1.02. The number of nitrogens with zero attached hydrogens (tertiary/aromatic N) is 1. The number of hydrogen-bond acceptors (Lipinski definition) is 5. The monoisotopic (exact) mass is 255 g/mol. The van der Waals surface area contributed by atoms with E-state index in [1.54, 1.807) is 19.9 Å². The summed E-state index contributed by atoms with van der Waals surface area (Å²) in [5, 5.41) is 29.6. The number of nitro benzene ring substituents is 1. The summed E-state index contributed by atoms with van der Waals surface area (Å²) in [7, 11) is 0. The van der Waals surface area contributed by atoms with Gasteiger partial charge in [0.15, 0.2) is 5.75 Å². The Morgan fingerprint density at radius 3 is 2.67 bits per heavy atom. The third kappa shape index (κ3) is 3.68. The van der Waals surface area contributed by atoms with Crippen LogP contribution in [-0.4, -0.2) is 27.3 Å². The lowest BCUT2D eigenvalue weighted by molar-refractivity contribution is -0.386. The summed E-state index contributed by atoms with van der Waals surface area (Å²) in [6.45, 7) is 3.10. The summed E-state index contributed by atoms with van der Waals surface area (Å²) in [6.07, 6.45) is 0.482. The van der Waals surface area contributed by atoms with Crippen LogP contribution in [0.2, 0.25) is 0 Å². The van der Waals surface area contributed by atoms with Crippen LogP contribution in [0.1, 0.15) is 25.8 Å². The molecule has 1 aromatic rings. The van der Waals surface area contributed by atoms with Gasteiger partial charge in [-0.15, -0.1) is 0 Å². The fourth-order valence-electron chi connectivity index (χ4n) is 1.26. The quantitative estimate of drug-likeness (QED) is 0.595. The van der Waals surface area contributed by atoms with Gasteiger partial charge in [0, 0.05) is 6.07 Å². The number of aliphatic hydroxyl groups is 2. The molecule has 0 radical (unpaired) electrons. The molecule has 2 N–H and O–H groups in total. The highest BCUT2D eigenvalue weighted by atomic mass is 16.6. The summed E-state index contributed by atoms with van der Waals surface area (Å²) >= 11 is 0. The maximum absolute atomic E-state index is 10.9. The Morgan fingerprint density at radius 1 is 1.50 bits per heavy atom. The molecule has 0 aliphatic rings. The molecule has 0 saturated heterocycles. The molecule has 0 aliphatic heterocycles. The fourth-order valence-corrected chi connectivity index (χ4v) is 1.26. The molecular weight excluding hydrogens is 238 g/mol. The number of ether oxygens (including phenoxy) is 1. The van der Waals surface area contributed by atoms with Crippen LogP contribution in [0.4, 0.5) is 5.69 Å². The predicted molar refractivity (Wildman–Crippen MR) is 65.4 cm³/mol. The largest absolute Gasteiger partial charge is 0.484 e. The molecule has 6 nitrogen and oxygen atoms in total. The van der Waals surface area contributed by atoms with Crippen LogP contribution < -0.4 is 4.74 Å². The minimum absolute atomic E-state index is 0.0250. The molecular formula is C12H17NO5. The molecule has 0 spiro atoms. The lowest BCUT2D eigenvalue weighted by Crippen LogP contribution is -2.31. The lowest BCUT2D eigenvalue weighted by Gasteiger charge is -2.21. The van der Waals surface area contributed by atoms with Crippen molar-refractivity contribution in [3.8, 4) is 5.75 Å². The van der Waals surface area contributed by atoms with Crippen LogP contribution in [0.25, 0.3) is 0 Å². The van der Waals surface area contributed by atoms with Gasteiger partial charge >= 0.3 is 5.69 Å². The topological polar surface area (TPSA) is 92.8 Å².